The van der Waals surface area contributed by atoms with Crippen LogP contribution in [0.5, 0.6) is 0 Å². The number of para-hydroxylation sites is 1. The van der Waals surface area contributed by atoms with E-state index in [2.05, 4.69) is 16.0 Å². The summed E-state index contributed by atoms with van der Waals surface area (Å²) in [6, 6.07) is 24.9. The van der Waals surface area contributed by atoms with Gasteiger partial charge in [-0.3, -0.25) is 34.6 Å². The number of benzene rings is 4. The van der Waals surface area contributed by atoms with Crippen LogP contribution in [0.25, 0.3) is 6.08 Å². The molecular formula is C32H27N5O7S. The number of hydrogen-bond acceptors (Lipinski definition) is 8. The summed E-state index contributed by atoms with van der Waals surface area (Å²) < 4.78 is 0. The fourth-order valence-corrected chi connectivity index (χ4v) is 5.00. The number of nitrogens with zero attached hydrogens (tertiary/aromatic N) is 2. The first kappa shape index (κ1) is 32.1. The maximum atomic E-state index is 13.4. The van der Waals surface area contributed by atoms with Gasteiger partial charge in [-0.2, -0.15) is 0 Å². The number of rotatable bonds is 11. The second-order valence-electron chi connectivity index (χ2n) is 9.68. The van der Waals surface area contributed by atoms with Crippen molar-refractivity contribution in [1.82, 2.24) is 5.32 Å². The molecule has 0 fully saturated rings. The molecule has 0 saturated heterocycles. The molecule has 0 aromatic heterocycles. The highest BCUT2D eigenvalue weighted by Gasteiger charge is 2.20. The Hall–Kier alpha value is -5.82. The Labute approximate surface area is 261 Å². The first-order chi connectivity index (χ1) is 21.5. The van der Waals surface area contributed by atoms with Crippen molar-refractivity contribution >= 4 is 58.3 Å². The van der Waals surface area contributed by atoms with Crippen molar-refractivity contribution in [2.75, 3.05) is 10.6 Å². The summed E-state index contributed by atoms with van der Waals surface area (Å²) in [5.41, 5.74) is 1.12. The number of hydrogen-bond donors (Lipinski definition) is 3. The van der Waals surface area contributed by atoms with Crippen molar-refractivity contribution < 1.29 is 24.2 Å². The average Bonchev–Trinajstić information content (AvgIpc) is 3.02. The third-order valence-electron chi connectivity index (χ3n) is 6.43. The standard InChI is InChI=1S/C32H27N5O7S/c1-20-15-16-25(36(41)42)19-27(20)34-30(38)21(2)45-26-13-8-12-24(18-26)33-32(40)28(35-31(39)22-9-4-3-5-10-22)17-23-11-6-7-14-29(23)37(43)44/h3-19,21H,1-2H3,(H,33,40)(H,34,38)(H,35,39)/b28-17+. The van der Waals surface area contributed by atoms with Gasteiger partial charge in [0, 0.05) is 34.3 Å². The van der Waals surface area contributed by atoms with Gasteiger partial charge in [0.05, 0.1) is 26.3 Å². The van der Waals surface area contributed by atoms with E-state index in [1.165, 1.54) is 48.2 Å². The van der Waals surface area contributed by atoms with Crippen LogP contribution in [0.2, 0.25) is 0 Å². The summed E-state index contributed by atoms with van der Waals surface area (Å²) in [6.45, 7) is 3.40. The van der Waals surface area contributed by atoms with Gasteiger partial charge in [-0.05, 0) is 61.9 Å². The molecule has 45 heavy (non-hydrogen) atoms. The normalized spacial score (nSPS) is 11.6. The van der Waals surface area contributed by atoms with Crippen LogP contribution in [0, 0.1) is 27.2 Å². The highest BCUT2D eigenvalue weighted by Crippen LogP contribution is 2.28. The van der Waals surface area contributed by atoms with Gasteiger partial charge in [0.25, 0.3) is 23.2 Å². The zero-order valence-corrected chi connectivity index (χ0v) is 24.9. The summed E-state index contributed by atoms with van der Waals surface area (Å²) in [5, 5.41) is 30.1. The molecule has 0 aliphatic carbocycles. The Kier molecular flexibility index (Phi) is 10.4. The van der Waals surface area contributed by atoms with Gasteiger partial charge in [-0.15, -0.1) is 11.8 Å². The Morgan fingerprint density at radius 1 is 0.822 bits per heavy atom. The molecule has 0 spiro atoms. The highest BCUT2D eigenvalue weighted by atomic mass is 32.2. The summed E-state index contributed by atoms with van der Waals surface area (Å²) in [5.74, 6) is -1.69. The second kappa shape index (κ2) is 14.6. The van der Waals surface area contributed by atoms with Crippen LogP contribution < -0.4 is 16.0 Å². The number of aryl methyl sites for hydroxylation is 1. The zero-order chi connectivity index (χ0) is 32.5. The lowest BCUT2D eigenvalue weighted by Gasteiger charge is -2.15. The highest BCUT2D eigenvalue weighted by molar-refractivity contribution is 8.00. The lowest BCUT2D eigenvalue weighted by molar-refractivity contribution is -0.385. The van der Waals surface area contributed by atoms with Crippen molar-refractivity contribution in [2.24, 2.45) is 0 Å². The number of thioether (sulfide) groups is 1. The van der Waals surface area contributed by atoms with E-state index in [1.807, 2.05) is 0 Å². The summed E-state index contributed by atoms with van der Waals surface area (Å²) >= 11 is 1.20. The van der Waals surface area contributed by atoms with Gasteiger partial charge in [-0.1, -0.05) is 42.5 Å². The number of anilines is 2. The molecule has 1 atom stereocenters. The van der Waals surface area contributed by atoms with Crippen molar-refractivity contribution in [3.05, 3.63) is 140 Å². The van der Waals surface area contributed by atoms with Crippen molar-refractivity contribution in [1.29, 1.82) is 0 Å². The molecule has 13 heteroatoms. The molecule has 0 bridgehead atoms. The van der Waals surface area contributed by atoms with Crippen LogP contribution in [0.15, 0.2) is 108 Å². The molecule has 3 N–H and O–H groups in total. The van der Waals surface area contributed by atoms with E-state index in [1.54, 1.807) is 80.6 Å². The minimum absolute atomic E-state index is 0.115. The summed E-state index contributed by atoms with van der Waals surface area (Å²) in [4.78, 5) is 61.5. The lowest BCUT2D eigenvalue weighted by Crippen LogP contribution is -2.30. The van der Waals surface area contributed by atoms with E-state index >= 15 is 0 Å². The van der Waals surface area contributed by atoms with Gasteiger partial charge in [0.2, 0.25) is 5.91 Å². The van der Waals surface area contributed by atoms with Crippen LogP contribution >= 0.6 is 11.8 Å². The molecule has 0 saturated carbocycles. The van der Waals surface area contributed by atoms with Crippen LogP contribution in [-0.2, 0) is 9.59 Å². The molecule has 0 aliphatic rings. The van der Waals surface area contributed by atoms with Crippen LogP contribution in [0.1, 0.15) is 28.4 Å². The minimum atomic E-state index is -0.730. The Bertz CT molecular complexity index is 1810. The molecule has 0 heterocycles. The van der Waals surface area contributed by atoms with Gasteiger partial charge >= 0.3 is 0 Å². The monoisotopic (exact) mass is 625 g/mol. The summed E-state index contributed by atoms with van der Waals surface area (Å²) in [7, 11) is 0. The Morgan fingerprint density at radius 3 is 2.24 bits per heavy atom. The number of non-ortho nitro benzene ring substituents is 1. The molecule has 0 radical (unpaired) electrons. The quantitative estimate of drug-likeness (QED) is 0.0749. The fourth-order valence-electron chi connectivity index (χ4n) is 4.07. The third-order valence-corrected chi connectivity index (χ3v) is 7.52. The van der Waals surface area contributed by atoms with Gasteiger partial charge in [-0.25, -0.2) is 0 Å². The SMILES string of the molecule is Cc1ccc([N+](=O)[O-])cc1NC(=O)C(C)Sc1cccc(NC(=O)/C(=C\c2ccccc2[N+](=O)[O-])NC(=O)c2ccccc2)c1. The third kappa shape index (κ3) is 8.61. The lowest BCUT2D eigenvalue weighted by atomic mass is 10.1. The molecule has 4 aromatic carbocycles. The summed E-state index contributed by atoms with van der Waals surface area (Å²) in [6.07, 6.45) is 1.23. The topological polar surface area (TPSA) is 174 Å². The van der Waals surface area contributed by atoms with Gasteiger partial charge in [0.15, 0.2) is 0 Å². The Morgan fingerprint density at radius 2 is 1.53 bits per heavy atom. The Balaban J connectivity index is 1.52. The molecule has 3 amide bonds. The minimum Gasteiger partial charge on any atom is -0.325 e. The van der Waals surface area contributed by atoms with Crippen molar-refractivity contribution in [3.63, 3.8) is 0 Å². The molecular weight excluding hydrogens is 598 g/mol. The predicted molar refractivity (Wildman–Crippen MR) is 172 cm³/mol. The average molecular weight is 626 g/mol. The number of nitro groups is 2. The van der Waals surface area contributed by atoms with Gasteiger partial charge in [0.1, 0.15) is 5.70 Å². The molecule has 12 nitrogen and oxygen atoms in total. The largest absolute Gasteiger partial charge is 0.325 e. The van der Waals surface area contributed by atoms with Crippen LogP contribution in [0.3, 0.4) is 0 Å². The number of carbonyl (C=O) groups excluding carboxylic acids is 3. The molecule has 1 unspecified atom stereocenters. The van der Waals surface area contributed by atoms with E-state index in [-0.39, 0.29) is 34.1 Å². The van der Waals surface area contributed by atoms with Crippen molar-refractivity contribution in [2.45, 2.75) is 24.0 Å². The molecule has 228 valence electrons. The predicted octanol–water partition coefficient (Wildman–Crippen LogP) is 6.34. The fraction of sp³-hybridized carbons (Fsp3) is 0.0938. The van der Waals surface area contributed by atoms with E-state index in [0.29, 0.717) is 21.8 Å². The van der Waals surface area contributed by atoms with E-state index in [4.69, 9.17) is 0 Å². The number of amides is 3. The molecule has 4 aromatic rings. The first-order valence-corrected chi connectivity index (χ1v) is 14.4. The number of carbonyl (C=O) groups is 3. The smallest absolute Gasteiger partial charge is 0.276 e. The van der Waals surface area contributed by atoms with Crippen LogP contribution in [0.4, 0.5) is 22.7 Å². The number of nitrogens with one attached hydrogen (secondary N) is 3. The molecule has 4 rings (SSSR count). The van der Waals surface area contributed by atoms with E-state index in [9.17, 15) is 34.6 Å². The maximum absolute atomic E-state index is 13.4. The van der Waals surface area contributed by atoms with Crippen LogP contribution in [-0.4, -0.2) is 32.8 Å². The zero-order valence-electron chi connectivity index (χ0n) is 24.1. The van der Waals surface area contributed by atoms with E-state index in [0.717, 1.165) is 0 Å². The van der Waals surface area contributed by atoms with E-state index < -0.39 is 26.9 Å². The van der Waals surface area contributed by atoms with Crippen molar-refractivity contribution in [3.8, 4) is 0 Å². The second-order valence-corrected chi connectivity index (χ2v) is 11.1. The molecule has 0 aliphatic heterocycles. The number of nitro benzene ring substituents is 2. The van der Waals surface area contributed by atoms with Gasteiger partial charge < -0.3 is 16.0 Å². The maximum Gasteiger partial charge on any atom is 0.276 e. The first-order valence-electron chi connectivity index (χ1n) is 13.5.